The molecule has 2 heterocycles. The van der Waals surface area contributed by atoms with Gasteiger partial charge in [-0.2, -0.15) is 0 Å². The Labute approximate surface area is 131 Å². The van der Waals surface area contributed by atoms with Gasteiger partial charge in [0.05, 0.1) is 0 Å². The molecule has 1 aromatic carbocycles. The average Bonchev–Trinajstić information content (AvgIpc) is 2.85. The number of benzene rings is 1. The van der Waals surface area contributed by atoms with Gasteiger partial charge < -0.3 is 14.0 Å². The highest BCUT2D eigenvalue weighted by Gasteiger charge is 2.27. The van der Waals surface area contributed by atoms with E-state index >= 15 is 0 Å². The van der Waals surface area contributed by atoms with Gasteiger partial charge in [-0.25, -0.2) is 0 Å². The predicted molar refractivity (Wildman–Crippen MR) is 82.0 cm³/mol. The summed E-state index contributed by atoms with van der Waals surface area (Å²) in [7, 11) is 1.90. The van der Waals surface area contributed by atoms with Crippen molar-refractivity contribution in [2.45, 2.75) is 11.3 Å². The van der Waals surface area contributed by atoms with E-state index in [4.69, 9.17) is 21.1 Å². The molecule has 0 aliphatic carbocycles. The summed E-state index contributed by atoms with van der Waals surface area (Å²) in [5.74, 6) is 2.80. The third kappa shape index (κ3) is 3.01. The first-order valence-electron chi connectivity index (χ1n) is 6.39. The number of nitrogens with zero attached hydrogens (tertiary/aromatic N) is 3. The van der Waals surface area contributed by atoms with Crippen molar-refractivity contribution in [3.63, 3.8) is 0 Å². The lowest BCUT2D eigenvalue weighted by Gasteiger charge is -2.25. The maximum Gasteiger partial charge on any atom is 0.192 e. The summed E-state index contributed by atoms with van der Waals surface area (Å²) in [6.45, 7) is 4.08. The third-order valence-electron chi connectivity index (χ3n) is 3.02. The number of rotatable bonds is 4. The molecule has 5 nitrogen and oxygen atoms in total. The van der Waals surface area contributed by atoms with Crippen LogP contribution in [0.5, 0.6) is 11.5 Å². The van der Waals surface area contributed by atoms with Crippen LogP contribution in [0.25, 0.3) is 0 Å². The van der Waals surface area contributed by atoms with Crippen molar-refractivity contribution in [2.75, 3.05) is 12.4 Å². The molecule has 0 spiro atoms. The lowest BCUT2D eigenvalue weighted by molar-refractivity contribution is 0.0825. The Bertz CT molecular complexity index is 674. The van der Waals surface area contributed by atoms with E-state index in [-0.39, 0.29) is 6.10 Å². The Balaban J connectivity index is 1.78. The maximum atomic E-state index is 5.94. The fourth-order valence-electron chi connectivity index (χ4n) is 2.02. The number of hydrogen-bond donors (Lipinski definition) is 0. The number of ether oxygens (including phenoxy) is 2. The molecule has 3 rings (SSSR count). The van der Waals surface area contributed by atoms with Crippen LogP contribution in [-0.2, 0) is 7.05 Å². The van der Waals surface area contributed by atoms with Crippen molar-refractivity contribution in [1.29, 1.82) is 0 Å². The average molecular weight is 324 g/mol. The van der Waals surface area contributed by atoms with E-state index in [0.717, 1.165) is 22.5 Å². The molecule has 0 bridgehead atoms. The lowest BCUT2D eigenvalue weighted by atomic mass is 10.2. The van der Waals surface area contributed by atoms with Crippen LogP contribution in [0, 0.1) is 0 Å². The molecular weight excluding hydrogens is 310 g/mol. The predicted octanol–water partition coefficient (Wildman–Crippen LogP) is 3.17. The molecule has 0 N–H and O–H groups in total. The Morgan fingerprint density at radius 1 is 1.43 bits per heavy atom. The van der Waals surface area contributed by atoms with Gasteiger partial charge in [0.15, 0.2) is 28.6 Å². The van der Waals surface area contributed by atoms with Gasteiger partial charge in [0.2, 0.25) is 0 Å². The first-order valence-corrected chi connectivity index (χ1v) is 7.75. The smallest absolute Gasteiger partial charge is 0.192 e. The summed E-state index contributed by atoms with van der Waals surface area (Å²) >= 11 is 7.26. The largest absolute Gasteiger partial charge is 0.485 e. The van der Waals surface area contributed by atoms with Gasteiger partial charge in [0.25, 0.3) is 0 Å². The van der Waals surface area contributed by atoms with Gasteiger partial charge in [0, 0.05) is 17.8 Å². The SMILES string of the molecule is C=C(Cl)CSc1nnc(C2COc3ccccc3O2)n1C. The molecule has 0 radical (unpaired) electrons. The molecule has 1 atom stereocenters. The van der Waals surface area contributed by atoms with Crippen molar-refractivity contribution >= 4 is 23.4 Å². The van der Waals surface area contributed by atoms with E-state index in [9.17, 15) is 0 Å². The minimum absolute atomic E-state index is 0.272. The van der Waals surface area contributed by atoms with Crippen LogP contribution in [0.3, 0.4) is 0 Å². The van der Waals surface area contributed by atoms with Crippen molar-refractivity contribution in [1.82, 2.24) is 14.8 Å². The zero-order chi connectivity index (χ0) is 14.8. The summed E-state index contributed by atoms with van der Waals surface area (Å²) < 4.78 is 13.5. The first-order chi connectivity index (χ1) is 10.1. The Morgan fingerprint density at radius 3 is 2.95 bits per heavy atom. The Morgan fingerprint density at radius 2 is 2.19 bits per heavy atom. The molecule has 7 heteroatoms. The lowest BCUT2D eigenvalue weighted by Crippen LogP contribution is -2.24. The van der Waals surface area contributed by atoms with Gasteiger partial charge in [0.1, 0.15) is 6.61 Å². The van der Waals surface area contributed by atoms with Crippen molar-refractivity contribution in [3.05, 3.63) is 41.7 Å². The molecular formula is C14H14ClN3O2S. The minimum Gasteiger partial charge on any atom is -0.485 e. The minimum atomic E-state index is -0.272. The van der Waals surface area contributed by atoms with Crippen molar-refractivity contribution in [2.24, 2.45) is 7.05 Å². The van der Waals surface area contributed by atoms with Crippen LogP contribution in [0.4, 0.5) is 0 Å². The molecule has 1 unspecified atom stereocenters. The van der Waals surface area contributed by atoms with Gasteiger partial charge in [-0.1, -0.05) is 42.1 Å². The Kier molecular flexibility index (Phi) is 4.07. The monoisotopic (exact) mass is 323 g/mol. The second-order valence-corrected chi connectivity index (χ2v) is 6.05. The van der Waals surface area contributed by atoms with Crippen molar-refractivity contribution in [3.8, 4) is 11.5 Å². The zero-order valence-corrected chi connectivity index (χ0v) is 13.0. The highest BCUT2D eigenvalue weighted by molar-refractivity contribution is 7.99. The second-order valence-electron chi connectivity index (χ2n) is 4.57. The van der Waals surface area contributed by atoms with E-state index in [1.807, 2.05) is 35.9 Å². The van der Waals surface area contributed by atoms with E-state index in [0.29, 0.717) is 17.4 Å². The number of thioether (sulfide) groups is 1. The molecule has 0 amide bonds. The topological polar surface area (TPSA) is 49.2 Å². The number of aromatic nitrogens is 3. The quantitative estimate of drug-likeness (QED) is 0.809. The Hall–Kier alpha value is -1.66. The van der Waals surface area contributed by atoms with Crippen LogP contribution < -0.4 is 9.47 Å². The summed E-state index contributed by atoms with van der Waals surface area (Å²) in [5.41, 5.74) is 0. The van der Waals surface area contributed by atoms with Crippen LogP contribution in [0.1, 0.15) is 11.9 Å². The summed E-state index contributed by atoms with van der Waals surface area (Å²) in [5, 5.41) is 9.72. The van der Waals surface area contributed by atoms with Crippen LogP contribution >= 0.6 is 23.4 Å². The molecule has 2 aromatic rings. The standard InChI is InChI=1S/C14H14ClN3O2S/c1-9(15)8-21-14-17-16-13(18(14)2)12-7-19-10-5-3-4-6-11(10)20-12/h3-6,12H,1,7-8H2,2H3. The molecule has 1 aromatic heterocycles. The molecule has 0 saturated heterocycles. The van der Waals surface area contributed by atoms with Crippen molar-refractivity contribution < 1.29 is 9.47 Å². The highest BCUT2D eigenvalue weighted by atomic mass is 35.5. The number of halogens is 1. The fourth-order valence-corrected chi connectivity index (χ4v) is 2.86. The molecule has 1 aliphatic rings. The number of hydrogen-bond acceptors (Lipinski definition) is 5. The number of para-hydroxylation sites is 2. The van der Waals surface area contributed by atoms with Gasteiger partial charge in [-0.15, -0.1) is 10.2 Å². The molecule has 1 aliphatic heterocycles. The normalized spacial score (nSPS) is 16.8. The molecule has 110 valence electrons. The molecule has 21 heavy (non-hydrogen) atoms. The maximum absolute atomic E-state index is 5.94. The first kappa shape index (κ1) is 14.3. The van der Waals surface area contributed by atoms with Gasteiger partial charge >= 0.3 is 0 Å². The molecule has 0 saturated carbocycles. The number of fused-ring (bicyclic) bond motifs is 1. The van der Waals surface area contributed by atoms with Gasteiger partial charge in [-0.3, -0.25) is 0 Å². The van der Waals surface area contributed by atoms with Gasteiger partial charge in [-0.05, 0) is 12.1 Å². The molecule has 0 fully saturated rings. The third-order valence-corrected chi connectivity index (χ3v) is 4.42. The fraction of sp³-hybridized carbons (Fsp3) is 0.286. The van der Waals surface area contributed by atoms with E-state index in [1.165, 1.54) is 11.8 Å². The summed E-state index contributed by atoms with van der Waals surface area (Å²) in [4.78, 5) is 0. The zero-order valence-electron chi connectivity index (χ0n) is 11.5. The van der Waals surface area contributed by atoms with Crippen LogP contribution in [0.15, 0.2) is 41.0 Å². The van der Waals surface area contributed by atoms with E-state index < -0.39 is 0 Å². The summed E-state index contributed by atoms with van der Waals surface area (Å²) in [6.07, 6.45) is -0.272. The second kappa shape index (κ2) is 5.99. The summed E-state index contributed by atoms with van der Waals surface area (Å²) in [6, 6.07) is 7.59. The van der Waals surface area contributed by atoms with E-state index in [2.05, 4.69) is 16.8 Å². The van der Waals surface area contributed by atoms with Crippen LogP contribution in [-0.4, -0.2) is 27.1 Å². The van der Waals surface area contributed by atoms with E-state index in [1.54, 1.807) is 0 Å². The highest BCUT2D eigenvalue weighted by Crippen LogP contribution is 2.35. The van der Waals surface area contributed by atoms with Crippen LogP contribution in [0.2, 0.25) is 0 Å².